The number of hydrogen-bond donors (Lipinski definition) is 4. The molecule has 182 valence electrons. The lowest BCUT2D eigenvalue weighted by Gasteiger charge is -2.33. The third-order valence-corrected chi connectivity index (χ3v) is 6.17. The number of carboxylic acids is 1. The third kappa shape index (κ3) is 9.02. The first-order chi connectivity index (χ1) is 15.4. The van der Waals surface area contributed by atoms with Gasteiger partial charge in [0.15, 0.2) is 0 Å². The van der Waals surface area contributed by atoms with Gasteiger partial charge in [-0.3, -0.25) is 9.59 Å². The molecular weight excluding hydrogens is 416 g/mol. The Balaban J connectivity index is 1.75. The van der Waals surface area contributed by atoms with Crippen LogP contribution in [0.5, 0.6) is 0 Å². The second-order valence-corrected chi connectivity index (χ2v) is 8.68. The number of ether oxygens (including phenoxy) is 1. The highest BCUT2D eigenvalue weighted by molar-refractivity contribution is 5.83. The zero-order valence-electron chi connectivity index (χ0n) is 19.1. The largest absolute Gasteiger partial charge is 0.480 e. The van der Waals surface area contributed by atoms with Crippen LogP contribution in [0.2, 0.25) is 0 Å². The van der Waals surface area contributed by atoms with Crippen molar-refractivity contribution in [1.82, 2.24) is 20.9 Å². The second-order valence-electron chi connectivity index (χ2n) is 8.68. The highest BCUT2D eigenvalue weighted by Crippen LogP contribution is 2.21. The van der Waals surface area contributed by atoms with E-state index in [-0.39, 0.29) is 30.9 Å². The summed E-state index contributed by atoms with van der Waals surface area (Å²) < 4.78 is 4.92. The van der Waals surface area contributed by atoms with Crippen molar-refractivity contribution in [3.8, 4) is 0 Å². The van der Waals surface area contributed by atoms with Crippen molar-refractivity contribution in [3.05, 3.63) is 0 Å². The molecule has 0 aromatic rings. The Morgan fingerprint density at radius 3 is 2.62 bits per heavy atom. The van der Waals surface area contributed by atoms with E-state index in [0.29, 0.717) is 38.3 Å². The standard InChI is InChI=1S/C22H38N4O6/c1-2-3-13-32-22(31)25-18(21(29)30)14-24-20(28)17-5-4-12-26(15-17)19(27)7-6-16-8-10-23-11-9-16/h16-18,23H,2-15H2,1H3,(H,24,28)(H,25,31)(H,29,30)/t17-,18+/m1/s1. The smallest absolute Gasteiger partial charge is 0.407 e. The SMILES string of the molecule is CCCCOC(=O)N[C@@H](CNC(=O)[C@@H]1CCCN(C(=O)CCC2CCNCC2)C1)C(=O)O. The van der Waals surface area contributed by atoms with Crippen LogP contribution in [0.15, 0.2) is 0 Å². The maximum Gasteiger partial charge on any atom is 0.407 e. The van der Waals surface area contributed by atoms with E-state index in [1.54, 1.807) is 4.90 Å². The fraction of sp³-hybridized carbons (Fsp3) is 0.818. The molecule has 2 aliphatic heterocycles. The Kier molecular flexibility index (Phi) is 11.3. The number of piperidine rings is 2. The van der Waals surface area contributed by atoms with Crippen molar-refractivity contribution in [1.29, 1.82) is 0 Å². The number of unbranched alkanes of at least 4 members (excludes halogenated alkanes) is 1. The van der Waals surface area contributed by atoms with Gasteiger partial charge in [-0.25, -0.2) is 9.59 Å². The van der Waals surface area contributed by atoms with Crippen molar-refractivity contribution in [2.75, 3.05) is 39.3 Å². The van der Waals surface area contributed by atoms with Crippen molar-refractivity contribution < 1.29 is 29.0 Å². The topological polar surface area (TPSA) is 137 Å². The van der Waals surface area contributed by atoms with Gasteiger partial charge in [-0.1, -0.05) is 13.3 Å². The number of amides is 3. The Labute approximate surface area is 189 Å². The fourth-order valence-corrected chi connectivity index (χ4v) is 4.11. The maximum absolute atomic E-state index is 12.6. The third-order valence-electron chi connectivity index (χ3n) is 6.17. The van der Waals surface area contributed by atoms with Gasteiger partial charge in [0.1, 0.15) is 6.04 Å². The number of alkyl carbamates (subject to hydrolysis) is 1. The van der Waals surface area contributed by atoms with E-state index in [9.17, 15) is 24.3 Å². The summed E-state index contributed by atoms with van der Waals surface area (Å²) in [5, 5.41) is 17.5. The second kappa shape index (κ2) is 13.9. The van der Waals surface area contributed by atoms with E-state index in [4.69, 9.17) is 4.74 Å². The van der Waals surface area contributed by atoms with Gasteiger partial charge in [-0.05, 0) is 57.5 Å². The minimum absolute atomic E-state index is 0.0842. The number of nitrogens with zero attached hydrogens (tertiary/aromatic N) is 1. The van der Waals surface area contributed by atoms with Gasteiger partial charge >= 0.3 is 12.1 Å². The average Bonchev–Trinajstić information content (AvgIpc) is 2.80. The van der Waals surface area contributed by atoms with Gasteiger partial charge < -0.3 is 30.7 Å². The van der Waals surface area contributed by atoms with Crippen LogP contribution < -0.4 is 16.0 Å². The molecule has 2 saturated heterocycles. The number of aliphatic carboxylic acids is 1. The Bertz CT molecular complexity index is 638. The zero-order chi connectivity index (χ0) is 23.3. The molecule has 2 rings (SSSR count). The summed E-state index contributed by atoms with van der Waals surface area (Å²) in [5.74, 6) is -1.26. The van der Waals surface area contributed by atoms with Gasteiger partial charge in [0, 0.05) is 26.1 Å². The van der Waals surface area contributed by atoms with Gasteiger partial charge in [0.2, 0.25) is 11.8 Å². The van der Waals surface area contributed by atoms with Crippen LogP contribution in [0.3, 0.4) is 0 Å². The quantitative estimate of drug-likeness (QED) is 0.343. The number of likely N-dealkylation sites (tertiary alicyclic amines) is 1. The molecule has 10 nitrogen and oxygen atoms in total. The predicted molar refractivity (Wildman–Crippen MR) is 118 cm³/mol. The molecule has 3 amide bonds. The number of rotatable bonds is 11. The highest BCUT2D eigenvalue weighted by Gasteiger charge is 2.30. The number of carbonyl (C=O) groups excluding carboxylic acids is 3. The lowest BCUT2D eigenvalue weighted by molar-refractivity contribution is -0.139. The number of nitrogens with one attached hydrogen (secondary N) is 3. The summed E-state index contributed by atoms with van der Waals surface area (Å²) in [6.07, 6.45) is 5.70. The minimum atomic E-state index is -1.28. The molecule has 0 aliphatic carbocycles. The molecule has 0 radical (unpaired) electrons. The summed E-state index contributed by atoms with van der Waals surface area (Å²) in [4.78, 5) is 50.1. The summed E-state index contributed by atoms with van der Waals surface area (Å²) in [6, 6.07) is -1.28. The van der Waals surface area contributed by atoms with E-state index in [0.717, 1.165) is 45.2 Å². The monoisotopic (exact) mass is 454 g/mol. The van der Waals surface area contributed by atoms with Crippen LogP contribution in [-0.4, -0.2) is 79.3 Å². The molecule has 2 fully saturated rings. The molecule has 2 aliphatic rings. The van der Waals surface area contributed by atoms with Gasteiger partial charge in [-0.2, -0.15) is 0 Å². The Morgan fingerprint density at radius 2 is 1.94 bits per heavy atom. The van der Waals surface area contributed by atoms with E-state index in [1.807, 2.05) is 6.92 Å². The molecule has 0 bridgehead atoms. The fourth-order valence-electron chi connectivity index (χ4n) is 4.11. The highest BCUT2D eigenvalue weighted by atomic mass is 16.5. The summed E-state index contributed by atoms with van der Waals surface area (Å²) in [6.45, 7) is 4.94. The predicted octanol–water partition coefficient (Wildman–Crippen LogP) is 1.10. The first-order valence-electron chi connectivity index (χ1n) is 11.8. The van der Waals surface area contributed by atoms with Gasteiger partial charge in [0.25, 0.3) is 0 Å². The molecule has 32 heavy (non-hydrogen) atoms. The first-order valence-corrected chi connectivity index (χ1v) is 11.8. The Morgan fingerprint density at radius 1 is 1.19 bits per heavy atom. The zero-order valence-corrected chi connectivity index (χ0v) is 19.1. The van der Waals surface area contributed by atoms with Crippen LogP contribution in [0.4, 0.5) is 4.79 Å². The van der Waals surface area contributed by atoms with E-state index in [2.05, 4.69) is 16.0 Å². The van der Waals surface area contributed by atoms with E-state index in [1.165, 1.54) is 0 Å². The number of carbonyl (C=O) groups is 4. The van der Waals surface area contributed by atoms with E-state index < -0.39 is 18.1 Å². The Hall–Kier alpha value is -2.36. The lowest BCUT2D eigenvalue weighted by Crippen LogP contribution is -2.51. The van der Waals surface area contributed by atoms with Gasteiger partial charge in [0.05, 0.1) is 12.5 Å². The normalized spacial score (nSPS) is 20.3. The van der Waals surface area contributed by atoms with Crippen molar-refractivity contribution in [2.24, 2.45) is 11.8 Å². The van der Waals surface area contributed by atoms with Crippen LogP contribution in [-0.2, 0) is 19.1 Å². The van der Waals surface area contributed by atoms with E-state index >= 15 is 0 Å². The maximum atomic E-state index is 12.6. The summed E-state index contributed by atoms with van der Waals surface area (Å²) >= 11 is 0. The molecule has 2 atom stereocenters. The molecular formula is C22H38N4O6. The van der Waals surface area contributed by atoms with Crippen molar-refractivity contribution in [2.45, 2.75) is 64.3 Å². The van der Waals surface area contributed by atoms with Gasteiger partial charge in [-0.15, -0.1) is 0 Å². The van der Waals surface area contributed by atoms with Crippen LogP contribution in [0.1, 0.15) is 58.3 Å². The molecule has 2 heterocycles. The first kappa shape index (κ1) is 25.9. The molecule has 0 unspecified atom stereocenters. The minimum Gasteiger partial charge on any atom is -0.480 e. The summed E-state index contributed by atoms with van der Waals surface area (Å²) in [5.41, 5.74) is 0. The van der Waals surface area contributed by atoms with Crippen LogP contribution >= 0.6 is 0 Å². The molecule has 0 aromatic carbocycles. The van der Waals surface area contributed by atoms with Crippen LogP contribution in [0, 0.1) is 11.8 Å². The number of hydrogen-bond acceptors (Lipinski definition) is 6. The van der Waals surface area contributed by atoms with Crippen molar-refractivity contribution in [3.63, 3.8) is 0 Å². The molecule has 0 saturated carbocycles. The number of carboxylic acid groups (broad SMARTS) is 1. The lowest BCUT2D eigenvalue weighted by atomic mass is 9.92. The molecule has 0 aromatic heterocycles. The molecule has 4 N–H and O–H groups in total. The molecule has 10 heteroatoms. The average molecular weight is 455 g/mol. The summed E-state index contributed by atoms with van der Waals surface area (Å²) in [7, 11) is 0. The van der Waals surface area contributed by atoms with Crippen molar-refractivity contribution >= 4 is 23.9 Å². The van der Waals surface area contributed by atoms with Crippen LogP contribution in [0.25, 0.3) is 0 Å². The molecule has 0 spiro atoms.